The largest absolute Gasteiger partial charge is 0.475 e. The zero-order valence-corrected chi connectivity index (χ0v) is 11.0. The summed E-state index contributed by atoms with van der Waals surface area (Å²) in [5.41, 5.74) is 0.794. The molecular weight excluding hydrogens is 268 g/mol. The predicted molar refractivity (Wildman–Crippen MR) is 77.6 cm³/mol. The monoisotopic (exact) mass is 280 g/mol. The molecule has 1 heterocycles. The van der Waals surface area contributed by atoms with Gasteiger partial charge in [-0.1, -0.05) is 18.2 Å². The van der Waals surface area contributed by atoms with Gasteiger partial charge in [0.25, 0.3) is 0 Å². The van der Waals surface area contributed by atoms with E-state index < -0.39 is 5.97 Å². The highest BCUT2D eigenvalue weighted by Crippen LogP contribution is 2.26. The molecule has 0 unspecified atom stereocenters. The third kappa shape index (κ3) is 2.95. The highest BCUT2D eigenvalue weighted by atomic mass is 16.5. The molecule has 0 radical (unpaired) electrons. The molecule has 0 atom stereocenters. The molecule has 0 saturated carbocycles. The highest BCUT2D eigenvalue weighted by molar-refractivity contribution is 5.85. The average molecular weight is 280 g/mol. The van der Waals surface area contributed by atoms with E-state index in [0.29, 0.717) is 11.5 Å². The van der Waals surface area contributed by atoms with Crippen LogP contribution in [-0.2, 0) is 0 Å². The number of furan rings is 1. The fourth-order valence-corrected chi connectivity index (χ4v) is 1.92. The Balaban J connectivity index is 1.78. The Bertz CT molecular complexity index is 742. The zero-order chi connectivity index (χ0) is 14.7. The van der Waals surface area contributed by atoms with Gasteiger partial charge in [0.15, 0.2) is 0 Å². The van der Waals surface area contributed by atoms with E-state index in [2.05, 4.69) is 0 Å². The van der Waals surface area contributed by atoms with Crippen LogP contribution in [0.4, 0.5) is 0 Å². The lowest BCUT2D eigenvalue weighted by molar-refractivity contribution is 0.0663. The Morgan fingerprint density at radius 2 is 1.52 bits per heavy atom. The topological polar surface area (TPSA) is 59.7 Å². The minimum atomic E-state index is -1.08. The molecule has 1 aromatic heterocycles. The summed E-state index contributed by atoms with van der Waals surface area (Å²) in [6, 6.07) is 19.8. The number of benzene rings is 2. The summed E-state index contributed by atoms with van der Waals surface area (Å²) < 4.78 is 10.9. The van der Waals surface area contributed by atoms with Crippen LogP contribution in [0.2, 0.25) is 0 Å². The molecular formula is C17H12O4. The molecule has 0 saturated heterocycles. The number of carboxylic acids is 1. The SMILES string of the molecule is O=C(O)c1ccc(-c2ccc(Oc3ccccc3)cc2)o1. The van der Waals surface area contributed by atoms with E-state index >= 15 is 0 Å². The zero-order valence-electron chi connectivity index (χ0n) is 11.0. The second-order valence-electron chi connectivity index (χ2n) is 4.41. The summed E-state index contributed by atoms with van der Waals surface area (Å²) in [5, 5.41) is 8.84. The number of carboxylic acid groups (broad SMARTS) is 1. The number of hydrogen-bond acceptors (Lipinski definition) is 3. The van der Waals surface area contributed by atoms with Gasteiger partial charge in [0.05, 0.1) is 0 Å². The minimum Gasteiger partial charge on any atom is -0.475 e. The van der Waals surface area contributed by atoms with Gasteiger partial charge in [-0.2, -0.15) is 0 Å². The molecule has 0 aliphatic rings. The fourth-order valence-electron chi connectivity index (χ4n) is 1.92. The Labute approximate surface area is 121 Å². The number of para-hydroxylation sites is 1. The normalized spacial score (nSPS) is 10.3. The van der Waals surface area contributed by atoms with Crippen LogP contribution in [0.15, 0.2) is 71.1 Å². The highest BCUT2D eigenvalue weighted by Gasteiger charge is 2.10. The second-order valence-corrected chi connectivity index (χ2v) is 4.41. The first-order valence-electron chi connectivity index (χ1n) is 6.39. The first-order valence-corrected chi connectivity index (χ1v) is 6.39. The van der Waals surface area contributed by atoms with Gasteiger partial charge in [0.1, 0.15) is 17.3 Å². The van der Waals surface area contributed by atoms with E-state index in [1.54, 1.807) is 6.07 Å². The minimum absolute atomic E-state index is 0.0744. The molecule has 2 aromatic carbocycles. The molecule has 3 rings (SSSR count). The third-order valence-electron chi connectivity index (χ3n) is 2.93. The van der Waals surface area contributed by atoms with Crippen molar-refractivity contribution in [2.24, 2.45) is 0 Å². The van der Waals surface area contributed by atoms with E-state index in [1.807, 2.05) is 54.6 Å². The van der Waals surface area contributed by atoms with Gasteiger partial charge in [-0.05, 0) is 48.5 Å². The molecule has 3 aromatic rings. The van der Waals surface area contributed by atoms with Crippen LogP contribution in [0, 0.1) is 0 Å². The number of aromatic carboxylic acids is 1. The maximum absolute atomic E-state index is 10.8. The van der Waals surface area contributed by atoms with Crippen molar-refractivity contribution in [3.63, 3.8) is 0 Å². The molecule has 1 N–H and O–H groups in total. The Hall–Kier alpha value is -3.01. The maximum Gasteiger partial charge on any atom is 0.371 e. The second kappa shape index (κ2) is 5.54. The summed E-state index contributed by atoms with van der Waals surface area (Å²) in [6.07, 6.45) is 0. The van der Waals surface area contributed by atoms with Crippen LogP contribution in [0.1, 0.15) is 10.6 Å². The molecule has 0 bridgehead atoms. The van der Waals surface area contributed by atoms with Crippen molar-refractivity contribution in [3.05, 3.63) is 72.5 Å². The molecule has 104 valence electrons. The molecule has 4 nitrogen and oxygen atoms in total. The fraction of sp³-hybridized carbons (Fsp3) is 0. The van der Waals surface area contributed by atoms with Crippen molar-refractivity contribution >= 4 is 5.97 Å². The van der Waals surface area contributed by atoms with Crippen molar-refractivity contribution in [3.8, 4) is 22.8 Å². The summed E-state index contributed by atoms with van der Waals surface area (Å²) >= 11 is 0. The Morgan fingerprint density at radius 1 is 0.857 bits per heavy atom. The van der Waals surface area contributed by atoms with Crippen LogP contribution in [0.3, 0.4) is 0 Å². The van der Waals surface area contributed by atoms with E-state index in [-0.39, 0.29) is 5.76 Å². The first-order chi connectivity index (χ1) is 10.2. The lowest BCUT2D eigenvalue weighted by Crippen LogP contribution is -1.91. The van der Waals surface area contributed by atoms with Gasteiger partial charge in [0.2, 0.25) is 5.76 Å². The van der Waals surface area contributed by atoms with Crippen molar-refractivity contribution in [1.29, 1.82) is 0 Å². The lowest BCUT2D eigenvalue weighted by atomic mass is 10.2. The van der Waals surface area contributed by atoms with Gasteiger partial charge in [-0.3, -0.25) is 0 Å². The first kappa shape index (κ1) is 13.0. The summed E-state index contributed by atoms with van der Waals surface area (Å²) in [5.74, 6) is 0.824. The predicted octanol–water partition coefficient (Wildman–Crippen LogP) is 4.44. The number of rotatable bonds is 4. The third-order valence-corrected chi connectivity index (χ3v) is 2.93. The van der Waals surface area contributed by atoms with E-state index in [4.69, 9.17) is 14.3 Å². The molecule has 21 heavy (non-hydrogen) atoms. The van der Waals surface area contributed by atoms with Gasteiger partial charge in [-0.15, -0.1) is 0 Å². The van der Waals surface area contributed by atoms with Gasteiger partial charge in [0, 0.05) is 5.56 Å². The van der Waals surface area contributed by atoms with Crippen LogP contribution < -0.4 is 4.74 Å². The molecule has 0 fully saturated rings. The van der Waals surface area contributed by atoms with Gasteiger partial charge in [-0.25, -0.2) is 4.79 Å². The number of carbonyl (C=O) groups is 1. The number of ether oxygens (including phenoxy) is 1. The van der Waals surface area contributed by atoms with Gasteiger partial charge < -0.3 is 14.3 Å². The quantitative estimate of drug-likeness (QED) is 0.767. The smallest absolute Gasteiger partial charge is 0.371 e. The molecule has 0 aliphatic heterocycles. The van der Waals surface area contributed by atoms with Gasteiger partial charge >= 0.3 is 5.97 Å². The maximum atomic E-state index is 10.8. The van der Waals surface area contributed by atoms with E-state index in [0.717, 1.165) is 11.3 Å². The van der Waals surface area contributed by atoms with Crippen LogP contribution in [0.5, 0.6) is 11.5 Å². The van der Waals surface area contributed by atoms with E-state index in [1.165, 1.54) is 6.07 Å². The standard InChI is InChI=1S/C17H12O4/c18-17(19)16-11-10-15(21-16)12-6-8-14(9-7-12)20-13-4-2-1-3-5-13/h1-11H,(H,18,19). The Kier molecular flexibility index (Phi) is 3.43. The summed E-state index contributed by atoms with van der Waals surface area (Å²) in [7, 11) is 0. The van der Waals surface area contributed by atoms with E-state index in [9.17, 15) is 4.79 Å². The van der Waals surface area contributed by atoms with Crippen molar-refractivity contribution in [2.45, 2.75) is 0 Å². The van der Waals surface area contributed by atoms with Crippen LogP contribution >= 0.6 is 0 Å². The van der Waals surface area contributed by atoms with Crippen molar-refractivity contribution in [1.82, 2.24) is 0 Å². The molecule has 0 amide bonds. The molecule has 0 aliphatic carbocycles. The Morgan fingerprint density at radius 3 is 2.14 bits per heavy atom. The van der Waals surface area contributed by atoms with Crippen molar-refractivity contribution in [2.75, 3.05) is 0 Å². The lowest BCUT2D eigenvalue weighted by Gasteiger charge is -2.05. The van der Waals surface area contributed by atoms with Crippen LogP contribution in [-0.4, -0.2) is 11.1 Å². The van der Waals surface area contributed by atoms with Crippen molar-refractivity contribution < 1.29 is 19.1 Å². The summed E-state index contributed by atoms with van der Waals surface area (Å²) in [6.45, 7) is 0. The summed E-state index contributed by atoms with van der Waals surface area (Å²) in [4.78, 5) is 10.8. The average Bonchev–Trinajstić information content (AvgIpc) is 2.99. The molecule has 0 spiro atoms. The number of hydrogen-bond donors (Lipinski definition) is 1. The van der Waals surface area contributed by atoms with Crippen LogP contribution in [0.25, 0.3) is 11.3 Å². The molecule has 4 heteroatoms.